The van der Waals surface area contributed by atoms with Gasteiger partial charge in [-0.3, -0.25) is 4.79 Å². The van der Waals surface area contributed by atoms with Crippen LogP contribution >= 0.6 is 0 Å². The first-order chi connectivity index (χ1) is 7.60. The third-order valence-corrected chi connectivity index (χ3v) is 3.38. The fourth-order valence-electron chi connectivity index (χ4n) is 2.42. The third-order valence-electron chi connectivity index (χ3n) is 3.38. The molecule has 0 amide bonds. The molecular formula is C14H29NO. The van der Waals surface area contributed by atoms with E-state index in [1.807, 2.05) is 0 Å². The predicted octanol–water partition coefficient (Wildman–Crippen LogP) is 3.68. The fourth-order valence-corrected chi connectivity index (χ4v) is 2.42. The first-order valence-electron chi connectivity index (χ1n) is 6.84. The van der Waals surface area contributed by atoms with E-state index < -0.39 is 0 Å². The molecule has 0 fully saturated rings. The maximum absolute atomic E-state index is 12.2. The number of hydrogen-bond acceptors (Lipinski definition) is 2. The highest BCUT2D eigenvalue weighted by Gasteiger charge is 2.29. The summed E-state index contributed by atoms with van der Waals surface area (Å²) in [6.07, 6.45) is 8.18. The van der Waals surface area contributed by atoms with Crippen molar-refractivity contribution in [2.24, 2.45) is 11.1 Å². The summed E-state index contributed by atoms with van der Waals surface area (Å²) in [5, 5.41) is 0. The second-order valence-corrected chi connectivity index (χ2v) is 5.08. The van der Waals surface area contributed by atoms with Gasteiger partial charge in [0.15, 0.2) is 0 Å². The Morgan fingerprint density at radius 1 is 1.06 bits per heavy atom. The van der Waals surface area contributed by atoms with Crippen molar-refractivity contribution in [2.75, 3.05) is 6.54 Å². The Kier molecular flexibility index (Phi) is 8.54. The molecule has 0 aliphatic carbocycles. The molecule has 0 atom stereocenters. The average Bonchev–Trinajstić information content (AvgIpc) is 2.24. The van der Waals surface area contributed by atoms with Gasteiger partial charge in [-0.1, -0.05) is 40.0 Å². The molecule has 0 saturated heterocycles. The number of ketones is 1. The minimum absolute atomic E-state index is 0.0633. The van der Waals surface area contributed by atoms with Gasteiger partial charge in [0.1, 0.15) is 5.78 Å². The number of rotatable bonds is 10. The van der Waals surface area contributed by atoms with Crippen LogP contribution in [-0.2, 0) is 4.79 Å². The van der Waals surface area contributed by atoms with Crippen LogP contribution in [0.5, 0.6) is 0 Å². The van der Waals surface area contributed by atoms with Gasteiger partial charge in [0.25, 0.3) is 0 Å². The van der Waals surface area contributed by atoms with E-state index in [9.17, 15) is 4.79 Å². The molecule has 0 aliphatic heterocycles. The number of carbonyl (C=O) groups excluding carboxylic acids is 1. The SMILES string of the molecule is CCCC(C)(CCC)C(=O)CCCCCN. The summed E-state index contributed by atoms with van der Waals surface area (Å²) in [5.74, 6) is 0.466. The topological polar surface area (TPSA) is 43.1 Å². The highest BCUT2D eigenvalue weighted by atomic mass is 16.1. The summed E-state index contributed by atoms with van der Waals surface area (Å²) in [6, 6.07) is 0. The molecule has 2 heteroatoms. The van der Waals surface area contributed by atoms with Crippen molar-refractivity contribution in [1.29, 1.82) is 0 Å². The zero-order valence-electron chi connectivity index (χ0n) is 11.3. The van der Waals surface area contributed by atoms with Crippen molar-refractivity contribution < 1.29 is 4.79 Å². The van der Waals surface area contributed by atoms with Crippen LogP contribution in [0.2, 0.25) is 0 Å². The van der Waals surface area contributed by atoms with E-state index >= 15 is 0 Å². The van der Waals surface area contributed by atoms with E-state index in [4.69, 9.17) is 5.73 Å². The normalized spacial score (nSPS) is 11.8. The third kappa shape index (κ3) is 5.64. The molecule has 2 N–H and O–H groups in total. The lowest BCUT2D eigenvalue weighted by atomic mass is 9.76. The highest BCUT2D eigenvalue weighted by molar-refractivity contribution is 5.84. The van der Waals surface area contributed by atoms with Crippen molar-refractivity contribution in [1.82, 2.24) is 0 Å². The molecule has 0 rings (SSSR count). The Labute approximate surface area is 101 Å². The second-order valence-electron chi connectivity index (χ2n) is 5.08. The van der Waals surface area contributed by atoms with Crippen LogP contribution < -0.4 is 5.73 Å². The van der Waals surface area contributed by atoms with Crippen LogP contribution in [0.3, 0.4) is 0 Å². The number of nitrogens with two attached hydrogens (primary N) is 1. The molecule has 96 valence electrons. The van der Waals surface area contributed by atoms with Gasteiger partial charge in [-0.25, -0.2) is 0 Å². The monoisotopic (exact) mass is 227 g/mol. The van der Waals surface area contributed by atoms with Crippen LogP contribution in [0.1, 0.15) is 72.1 Å². The smallest absolute Gasteiger partial charge is 0.138 e. The zero-order valence-corrected chi connectivity index (χ0v) is 11.3. The lowest BCUT2D eigenvalue weighted by Gasteiger charge is -2.27. The van der Waals surface area contributed by atoms with Crippen molar-refractivity contribution in [3.8, 4) is 0 Å². The Hall–Kier alpha value is -0.370. The van der Waals surface area contributed by atoms with Gasteiger partial charge in [-0.05, 0) is 32.2 Å². The molecule has 2 nitrogen and oxygen atoms in total. The van der Waals surface area contributed by atoms with E-state index in [2.05, 4.69) is 20.8 Å². The van der Waals surface area contributed by atoms with Crippen LogP contribution in [0.4, 0.5) is 0 Å². The lowest BCUT2D eigenvalue weighted by molar-refractivity contribution is -0.128. The molecule has 16 heavy (non-hydrogen) atoms. The van der Waals surface area contributed by atoms with E-state index in [0.29, 0.717) is 5.78 Å². The Bertz CT molecular complexity index is 183. The minimum Gasteiger partial charge on any atom is -0.330 e. The fraction of sp³-hybridized carbons (Fsp3) is 0.929. The first kappa shape index (κ1) is 15.6. The van der Waals surface area contributed by atoms with Gasteiger partial charge in [0.2, 0.25) is 0 Å². The van der Waals surface area contributed by atoms with Crippen molar-refractivity contribution in [3.63, 3.8) is 0 Å². The molecule has 0 saturated carbocycles. The molecule has 0 aromatic heterocycles. The van der Waals surface area contributed by atoms with E-state index in [0.717, 1.165) is 57.9 Å². The largest absolute Gasteiger partial charge is 0.330 e. The second kappa shape index (κ2) is 8.74. The van der Waals surface area contributed by atoms with Crippen LogP contribution in [0, 0.1) is 5.41 Å². The van der Waals surface area contributed by atoms with E-state index in [1.165, 1.54) is 0 Å². The van der Waals surface area contributed by atoms with Gasteiger partial charge < -0.3 is 5.73 Å². The summed E-state index contributed by atoms with van der Waals surface area (Å²) >= 11 is 0. The predicted molar refractivity (Wildman–Crippen MR) is 70.5 cm³/mol. The van der Waals surface area contributed by atoms with E-state index in [1.54, 1.807) is 0 Å². The maximum Gasteiger partial charge on any atom is 0.138 e. The molecule has 0 spiro atoms. The lowest BCUT2D eigenvalue weighted by Crippen LogP contribution is -2.27. The van der Waals surface area contributed by atoms with Crippen molar-refractivity contribution in [3.05, 3.63) is 0 Å². The minimum atomic E-state index is -0.0633. The molecular weight excluding hydrogens is 198 g/mol. The van der Waals surface area contributed by atoms with Crippen LogP contribution in [-0.4, -0.2) is 12.3 Å². The van der Waals surface area contributed by atoms with Gasteiger partial charge in [0.05, 0.1) is 0 Å². The Balaban J connectivity index is 4.06. The standard InChI is InChI=1S/C14H29NO/c1-4-10-14(3,11-5-2)13(16)9-7-6-8-12-15/h4-12,15H2,1-3H3. The van der Waals surface area contributed by atoms with E-state index in [-0.39, 0.29) is 5.41 Å². The molecule has 0 unspecified atom stereocenters. The van der Waals surface area contributed by atoms with Crippen LogP contribution in [0.15, 0.2) is 0 Å². The highest BCUT2D eigenvalue weighted by Crippen LogP contribution is 2.32. The molecule has 0 heterocycles. The summed E-state index contributed by atoms with van der Waals surface area (Å²) in [6.45, 7) is 7.21. The quantitative estimate of drug-likeness (QED) is 0.578. The molecule has 0 radical (unpaired) electrons. The van der Waals surface area contributed by atoms with Gasteiger partial charge in [-0.2, -0.15) is 0 Å². The van der Waals surface area contributed by atoms with Crippen molar-refractivity contribution in [2.45, 2.75) is 72.1 Å². The Morgan fingerprint density at radius 2 is 1.62 bits per heavy atom. The molecule has 0 bridgehead atoms. The van der Waals surface area contributed by atoms with Gasteiger partial charge in [0, 0.05) is 11.8 Å². The zero-order chi connectivity index (χ0) is 12.4. The van der Waals surface area contributed by atoms with Crippen molar-refractivity contribution >= 4 is 5.78 Å². The summed E-state index contributed by atoms with van der Waals surface area (Å²) < 4.78 is 0. The summed E-state index contributed by atoms with van der Waals surface area (Å²) in [4.78, 5) is 12.2. The summed E-state index contributed by atoms with van der Waals surface area (Å²) in [5.41, 5.74) is 5.38. The number of Topliss-reactive ketones (excluding diaryl/α,β-unsaturated/α-hetero) is 1. The molecule has 0 aliphatic rings. The van der Waals surface area contributed by atoms with Crippen LogP contribution in [0.25, 0.3) is 0 Å². The van der Waals surface area contributed by atoms with Gasteiger partial charge >= 0.3 is 0 Å². The van der Waals surface area contributed by atoms with Gasteiger partial charge in [-0.15, -0.1) is 0 Å². The first-order valence-corrected chi connectivity index (χ1v) is 6.84. The number of hydrogen-bond donors (Lipinski definition) is 1. The number of carbonyl (C=O) groups is 1. The summed E-state index contributed by atoms with van der Waals surface area (Å²) in [7, 11) is 0. The maximum atomic E-state index is 12.2. The molecule has 0 aromatic carbocycles. The average molecular weight is 227 g/mol. The number of unbranched alkanes of at least 4 members (excludes halogenated alkanes) is 2. The molecule has 0 aromatic rings. The Morgan fingerprint density at radius 3 is 2.06 bits per heavy atom.